The van der Waals surface area contributed by atoms with Crippen molar-refractivity contribution < 1.29 is 22.7 Å². The summed E-state index contributed by atoms with van der Waals surface area (Å²) in [6.07, 6.45) is -0.271. The van der Waals surface area contributed by atoms with Crippen LogP contribution in [0.5, 0.6) is 11.6 Å². The number of nitrogens with one attached hydrogen (secondary N) is 1. The van der Waals surface area contributed by atoms with Crippen LogP contribution in [0, 0.1) is 0 Å². The van der Waals surface area contributed by atoms with E-state index in [9.17, 15) is 18.0 Å². The number of carbonyl (C=O) groups is 1. The summed E-state index contributed by atoms with van der Waals surface area (Å²) in [5.41, 5.74) is -0.309. The number of nitrogens with zero attached hydrogens (tertiary/aromatic N) is 4. The molecule has 1 aromatic carbocycles. The summed E-state index contributed by atoms with van der Waals surface area (Å²) in [6.45, 7) is 1.74. The van der Waals surface area contributed by atoms with Crippen molar-refractivity contribution in [1.29, 1.82) is 0 Å². The third-order valence-electron chi connectivity index (χ3n) is 3.89. The first kappa shape index (κ1) is 19.3. The quantitative estimate of drug-likeness (QED) is 0.697. The Hall–Kier alpha value is -3.43. The van der Waals surface area contributed by atoms with Gasteiger partial charge in [-0.1, -0.05) is 12.1 Å². The molecule has 0 aliphatic carbocycles. The molecule has 0 aliphatic rings. The number of aromatic nitrogens is 4. The molecule has 0 spiro atoms. The standard InChI is InChI=1S/C18H16F3N5O2/c1-12(26-11-22-10-25-26)16(27)24-9-13-4-3-7-23-17(13)28-15-6-2-5-14(8-15)18(19,20)21/h2-8,10-12H,9H2,1H3,(H,24,27)/t12-/m1/s1. The first-order valence-electron chi connectivity index (χ1n) is 8.25. The number of alkyl halides is 3. The molecule has 28 heavy (non-hydrogen) atoms. The summed E-state index contributed by atoms with van der Waals surface area (Å²) in [5, 5.41) is 6.63. The normalized spacial score (nSPS) is 12.4. The zero-order chi connectivity index (χ0) is 20.1. The highest BCUT2D eigenvalue weighted by Crippen LogP contribution is 2.32. The second kappa shape index (κ2) is 8.07. The lowest BCUT2D eigenvalue weighted by atomic mass is 10.2. The lowest BCUT2D eigenvalue weighted by Crippen LogP contribution is -2.31. The van der Waals surface area contributed by atoms with E-state index in [1.54, 1.807) is 19.1 Å². The first-order chi connectivity index (χ1) is 13.3. The molecule has 10 heteroatoms. The lowest BCUT2D eigenvalue weighted by Gasteiger charge is -2.14. The number of carbonyl (C=O) groups excluding carboxylic acids is 1. The van der Waals surface area contributed by atoms with Crippen LogP contribution in [0.4, 0.5) is 13.2 Å². The largest absolute Gasteiger partial charge is 0.439 e. The van der Waals surface area contributed by atoms with Gasteiger partial charge in [-0.05, 0) is 31.2 Å². The Morgan fingerprint density at radius 3 is 2.82 bits per heavy atom. The summed E-state index contributed by atoms with van der Waals surface area (Å²) in [7, 11) is 0. The van der Waals surface area contributed by atoms with Crippen LogP contribution in [0.25, 0.3) is 0 Å². The lowest BCUT2D eigenvalue weighted by molar-refractivity contribution is -0.137. The van der Waals surface area contributed by atoms with Gasteiger partial charge in [0.05, 0.1) is 5.56 Å². The maximum atomic E-state index is 12.9. The van der Waals surface area contributed by atoms with Crippen LogP contribution in [-0.4, -0.2) is 25.7 Å². The molecule has 0 saturated heterocycles. The van der Waals surface area contributed by atoms with Gasteiger partial charge in [-0.2, -0.15) is 18.3 Å². The van der Waals surface area contributed by atoms with E-state index in [2.05, 4.69) is 20.4 Å². The predicted octanol–water partition coefficient (Wildman–Crippen LogP) is 3.36. The molecule has 2 aromatic heterocycles. The van der Waals surface area contributed by atoms with Gasteiger partial charge in [-0.15, -0.1) is 0 Å². The topological polar surface area (TPSA) is 81.9 Å². The van der Waals surface area contributed by atoms with E-state index in [4.69, 9.17) is 4.74 Å². The number of ether oxygens (including phenoxy) is 1. The molecule has 1 atom stereocenters. The highest BCUT2D eigenvalue weighted by molar-refractivity contribution is 5.79. The van der Waals surface area contributed by atoms with Crippen LogP contribution in [0.2, 0.25) is 0 Å². The molecular weight excluding hydrogens is 375 g/mol. The zero-order valence-corrected chi connectivity index (χ0v) is 14.7. The fraction of sp³-hybridized carbons (Fsp3) is 0.222. The maximum absolute atomic E-state index is 12.9. The van der Waals surface area contributed by atoms with E-state index in [0.29, 0.717) is 5.56 Å². The fourth-order valence-electron chi connectivity index (χ4n) is 2.37. The van der Waals surface area contributed by atoms with Gasteiger partial charge in [0.15, 0.2) is 0 Å². The van der Waals surface area contributed by atoms with Gasteiger partial charge in [-0.3, -0.25) is 4.79 Å². The predicted molar refractivity (Wildman–Crippen MR) is 92.3 cm³/mol. The van der Waals surface area contributed by atoms with E-state index >= 15 is 0 Å². The monoisotopic (exact) mass is 391 g/mol. The SMILES string of the molecule is C[C@H](C(=O)NCc1cccnc1Oc1cccc(C(F)(F)F)c1)n1cncn1. The molecule has 0 bridgehead atoms. The Kier molecular flexibility index (Phi) is 5.57. The summed E-state index contributed by atoms with van der Waals surface area (Å²) < 4.78 is 45.5. The molecule has 0 fully saturated rings. The van der Waals surface area contributed by atoms with Gasteiger partial charge in [0.1, 0.15) is 24.4 Å². The smallest absolute Gasteiger partial charge is 0.416 e. The van der Waals surface area contributed by atoms with Crippen LogP contribution in [0.3, 0.4) is 0 Å². The Bertz CT molecular complexity index is 944. The molecule has 3 rings (SSSR count). The minimum absolute atomic E-state index is 0.00270. The molecular formula is C18H16F3N5O2. The van der Waals surface area contributed by atoms with Crippen molar-refractivity contribution in [3.05, 3.63) is 66.4 Å². The summed E-state index contributed by atoms with van der Waals surface area (Å²) >= 11 is 0. The van der Waals surface area contributed by atoms with Gasteiger partial charge in [0, 0.05) is 18.3 Å². The summed E-state index contributed by atoms with van der Waals surface area (Å²) in [5.74, 6) is -0.202. The minimum atomic E-state index is -4.47. The number of pyridine rings is 1. The van der Waals surface area contributed by atoms with E-state index < -0.39 is 17.8 Å². The van der Waals surface area contributed by atoms with Crippen LogP contribution in [-0.2, 0) is 17.5 Å². The molecule has 0 aliphatic heterocycles. The minimum Gasteiger partial charge on any atom is -0.439 e. The molecule has 0 saturated carbocycles. The van der Waals surface area contributed by atoms with Gasteiger partial charge in [-0.25, -0.2) is 14.6 Å². The van der Waals surface area contributed by atoms with E-state index in [0.717, 1.165) is 12.1 Å². The van der Waals surface area contributed by atoms with Gasteiger partial charge in [0.25, 0.3) is 0 Å². The van der Waals surface area contributed by atoms with Crippen molar-refractivity contribution in [2.45, 2.75) is 25.7 Å². The number of hydrogen-bond acceptors (Lipinski definition) is 5. The summed E-state index contributed by atoms with van der Waals surface area (Å²) in [6, 6.07) is 7.23. The third kappa shape index (κ3) is 4.64. The first-order valence-corrected chi connectivity index (χ1v) is 8.25. The second-order valence-corrected chi connectivity index (χ2v) is 5.86. The zero-order valence-electron chi connectivity index (χ0n) is 14.7. The molecule has 146 valence electrons. The van der Waals surface area contributed by atoms with Crippen molar-refractivity contribution in [3.8, 4) is 11.6 Å². The number of benzene rings is 1. The van der Waals surface area contributed by atoms with Gasteiger partial charge < -0.3 is 10.1 Å². The Morgan fingerprint density at radius 1 is 1.29 bits per heavy atom. The molecule has 0 unspecified atom stereocenters. The van der Waals surface area contributed by atoms with Crippen LogP contribution >= 0.6 is 0 Å². The van der Waals surface area contributed by atoms with Crippen LogP contribution in [0.1, 0.15) is 24.1 Å². The summed E-state index contributed by atoms with van der Waals surface area (Å²) in [4.78, 5) is 20.1. The van der Waals surface area contributed by atoms with E-state index in [-0.39, 0.29) is 24.1 Å². The third-order valence-corrected chi connectivity index (χ3v) is 3.89. The van der Waals surface area contributed by atoms with E-state index in [1.165, 1.54) is 35.7 Å². The molecule has 0 radical (unpaired) electrons. The van der Waals surface area contributed by atoms with E-state index in [1.807, 2.05) is 0 Å². The Morgan fingerprint density at radius 2 is 2.11 bits per heavy atom. The molecule has 1 amide bonds. The average Bonchev–Trinajstić information content (AvgIpc) is 3.21. The maximum Gasteiger partial charge on any atom is 0.416 e. The highest BCUT2D eigenvalue weighted by atomic mass is 19.4. The van der Waals surface area contributed by atoms with Crippen molar-refractivity contribution >= 4 is 5.91 Å². The Labute approximate surface area is 158 Å². The molecule has 1 N–H and O–H groups in total. The van der Waals surface area contributed by atoms with Crippen molar-refractivity contribution in [2.24, 2.45) is 0 Å². The number of halogens is 3. The molecule has 2 heterocycles. The average molecular weight is 391 g/mol. The van der Waals surface area contributed by atoms with Gasteiger partial charge in [0.2, 0.25) is 11.8 Å². The molecule has 3 aromatic rings. The number of hydrogen-bond donors (Lipinski definition) is 1. The van der Waals surface area contributed by atoms with Crippen LogP contribution < -0.4 is 10.1 Å². The fourth-order valence-corrected chi connectivity index (χ4v) is 2.37. The van der Waals surface area contributed by atoms with Crippen molar-refractivity contribution in [2.75, 3.05) is 0 Å². The van der Waals surface area contributed by atoms with Crippen LogP contribution in [0.15, 0.2) is 55.2 Å². The van der Waals surface area contributed by atoms with Gasteiger partial charge >= 0.3 is 6.18 Å². The van der Waals surface area contributed by atoms with Crippen molar-refractivity contribution in [3.63, 3.8) is 0 Å². The van der Waals surface area contributed by atoms with Crippen molar-refractivity contribution in [1.82, 2.24) is 25.1 Å². The Balaban J connectivity index is 1.71. The second-order valence-electron chi connectivity index (χ2n) is 5.86. The number of amides is 1. The molecule has 7 nitrogen and oxygen atoms in total. The number of rotatable bonds is 6. The highest BCUT2D eigenvalue weighted by Gasteiger charge is 2.30.